The van der Waals surface area contributed by atoms with Crippen molar-refractivity contribution in [2.24, 2.45) is 0 Å². The number of esters is 1. The van der Waals surface area contributed by atoms with Gasteiger partial charge in [0.15, 0.2) is 0 Å². The number of nitrogens with one attached hydrogen (secondary N) is 2. The van der Waals surface area contributed by atoms with Crippen molar-refractivity contribution in [3.05, 3.63) is 29.8 Å². The number of hydrogen-bond acceptors (Lipinski definition) is 4. The molecule has 0 heterocycles. The van der Waals surface area contributed by atoms with Crippen LogP contribution in [-0.2, 0) is 14.3 Å². The molecule has 0 aliphatic heterocycles. The molecule has 5 nitrogen and oxygen atoms in total. The summed E-state index contributed by atoms with van der Waals surface area (Å²) in [7, 11) is 1.34. The topological polar surface area (TPSA) is 67.4 Å². The van der Waals surface area contributed by atoms with E-state index in [9.17, 15) is 9.59 Å². The van der Waals surface area contributed by atoms with E-state index in [-0.39, 0.29) is 24.8 Å². The molecular weight excluding hydrogens is 232 g/mol. The van der Waals surface area contributed by atoms with Gasteiger partial charge in [-0.05, 0) is 19.1 Å². The maximum Gasteiger partial charge on any atom is 0.306 e. The molecule has 0 saturated carbocycles. The molecule has 0 spiro atoms. The first-order valence-electron chi connectivity index (χ1n) is 5.76. The zero-order valence-electron chi connectivity index (χ0n) is 10.7. The summed E-state index contributed by atoms with van der Waals surface area (Å²) in [6.07, 6.45) is 0.258. The summed E-state index contributed by atoms with van der Waals surface area (Å²) < 4.78 is 4.48. The number of benzene rings is 1. The van der Waals surface area contributed by atoms with Crippen molar-refractivity contribution in [1.82, 2.24) is 5.32 Å². The van der Waals surface area contributed by atoms with E-state index >= 15 is 0 Å². The van der Waals surface area contributed by atoms with Crippen LogP contribution in [0.25, 0.3) is 0 Å². The van der Waals surface area contributed by atoms with Gasteiger partial charge in [0.25, 0.3) is 0 Å². The molecule has 5 heteroatoms. The van der Waals surface area contributed by atoms with Crippen LogP contribution in [0.15, 0.2) is 24.3 Å². The van der Waals surface area contributed by atoms with Gasteiger partial charge < -0.3 is 15.4 Å². The van der Waals surface area contributed by atoms with Crippen molar-refractivity contribution in [1.29, 1.82) is 0 Å². The lowest BCUT2D eigenvalue weighted by Gasteiger charge is -2.06. The van der Waals surface area contributed by atoms with Crippen molar-refractivity contribution in [3.63, 3.8) is 0 Å². The average Bonchev–Trinajstić information content (AvgIpc) is 2.37. The van der Waals surface area contributed by atoms with Gasteiger partial charge in [0.2, 0.25) is 5.91 Å². The fourth-order valence-corrected chi connectivity index (χ4v) is 1.34. The van der Waals surface area contributed by atoms with E-state index in [1.54, 1.807) is 0 Å². The monoisotopic (exact) mass is 250 g/mol. The number of methoxy groups -OCH3 is 1. The number of anilines is 1. The molecule has 0 aliphatic carbocycles. The van der Waals surface area contributed by atoms with Crippen LogP contribution in [0.5, 0.6) is 0 Å². The summed E-state index contributed by atoms with van der Waals surface area (Å²) >= 11 is 0. The largest absolute Gasteiger partial charge is 0.469 e. The third kappa shape index (κ3) is 5.45. The van der Waals surface area contributed by atoms with Gasteiger partial charge in [-0.25, -0.2) is 0 Å². The van der Waals surface area contributed by atoms with E-state index < -0.39 is 0 Å². The molecule has 2 N–H and O–H groups in total. The first-order valence-corrected chi connectivity index (χ1v) is 5.76. The maximum absolute atomic E-state index is 11.5. The average molecular weight is 250 g/mol. The predicted octanol–water partition coefficient (Wildman–Crippen LogP) is 1.09. The third-order valence-corrected chi connectivity index (χ3v) is 2.35. The molecule has 98 valence electrons. The van der Waals surface area contributed by atoms with Crippen LogP contribution >= 0.6 is 0 Å². The molecule has 0 radical (unpaired) electrons. The van der Waals surface area contributed by atoms with Gasteiger partial charge >= 0.3 is 5.97 Å². The Bertz CT molecular complexity index is 401. The summed E-state index contributed by atoms with van der Waals surface area (Å²) in [5.41, 5.74) is 1.91. The van der Waals surface area contributed by atoms with Crippen molar-refractivity contribution in [2.75, 3.05) is 25.5 Å². The second kappa shape index (κ2) is 7.45. The fraction of sp³-hybridized carbons (Fsp3) is 0.385. The maximum atomic E-state index is 11.5. The molecule has 1 aromatic rings. The van der Waals surface area contributed by atoms with E-state index in [0.29, 0.717) is 6.54 Å². The van der Waals surface area contributed by atoms with Crippen LogP contribution in [-0.4, -0.2) is 32.1 Å². The van der Waals surface area contributed by atoms with Crippen LogP contribution in [0.2, 0.25) is 0 Å². The first kappa shape index (κ1) is 14.2. The summed E-state index contributed by atoms with van der Waals surface area (Å²) in [5.74, 6) is -0.426. The molecule has 0 unspecified atom stereocenters. The summed E-state index contributed by atoms with van der Waals surface area (Å²) in [6.45, 7) is 2.58. The van der Waals surface area contributed by atoms with Gasteiger partial charge in [-0.3, -0.25) is 9.59 Å². The van der Waals surface area contributed by atoms with Gasteiger partial charge in [0.05, 0.1) is 20.1 Å². The van der Waals surface area contributed by atoms with Crippen molar-refractivity contribution in [2.45, 2.75) is 13.3 Å². The van der Waals surface area contributed by atoms with Gasteiger partial charge in [-0.2, -0.15) is 0 Å². The van der Waals surface area contributed by atoms with Gasteiger partial charge in [0.1, 0.15) is 0 Å². The Kier molecular flexibility index (Phi) is 5.87. The second-order valence-corrected chi connectivity index (χ2v) is 3.92. The highest BCUT2D eigenvalue weighted by atomic mass is 16.5. The molecule has 0 fully saturated rings. The molecule has 0 bridgehead atoms. The quantitative estimate of drug-likeness (QED) is 0.586. The summed E-state index contributed by atoms with van der Waals surface area (Å²) in [4.78, 5) is 22.3. The molecule has 0 atom stereocenters. The minimum Gasteiger partial charge on any atom is -0.469 e. The Morgan fingerprint density at radius 2 is 1.89 bits per heavy atom. The molecule has 1 aromatic carbocycles. The Hall–Kier alpha value is -1.88. The number of ether oxygens (including phenoxy) is 1. The fourth-order valence-electron chi connectivity index (χ4n) is 1.34. The van der Waals surface area contributed by atoms with Crippen molar-refractivity contribution < 1.29 is 14.3 Å². The van der Waals surface area contributed by atoms with Crippen LogP contribution < -0.4 is 10.6 Å². The SMILES string of the molecule is COC(=O)CCNCC(=O)Nc1ccc(C)cc1. The molecule has 1 amide bonds. The van der Waals surface area contributed by atoms with Crippen LogP contribution in [0, 0.1) is 6.92 Å². The van der Waals surface area contributed by atoms with E-state index in [0.717, 1.165) is 11.3 Å². The number of carbonyl (C=O) groups is 2. The number of aryl methyl sites for hydroxylation is 1. The zero-order chi connectivity index (χ0) is 13.4. The van der Waals surface area contributed by atoms with Crippen LogP contribution in [0.1, 0.15) is 12.0 Å². The van der Waals surface area contributed by atoms with Crippen molar-refractivity contribution >= 4 is 17.6 Å². The molecular formula is C13H18N2O3. The molecule has 0 saturated heterocycles. The van der Waals surface area contributed by atoms with Crippen LogP contribution in [0.3, 0.4) is 0 Å². The highest BCUT2D eigenvalue weighted by Crippen LogP contribution is 2.07. The summed E-state index contributed by atoms with van der Waals surface area (Å²) in [5, 5.41) is 5.62. The van der Waals surface area contributed by atoms with Crippen LogP contribution in [0.4, 0.5) is 5.69 Å². The smallest absolute Gasteiger partial charge is 0.306 e. The Balaban J connectivity index is 2.21. The number of hydrogen-bond donors (Lipinski definition) is 2. The lowest BCUT2D eigenvalue weighted by Crippen LogP contribution is -2.29. The van der Waals surface area contributed by atoms with E-state index in [1.165, 1.54) is 7.11 Å². The lowest BCUT2D eigenvalue weighted by atomic mass is 10.2. The standard InChI is InChI=1S/C13H18N2O3/c1-10-3-5-11(6-4-10)15-12(16)9-14-8-7-13(17)18-2/h3-6,14H,7-9H2,1-2H3,(H,15,16). The lowest BCUT2D eigenvalue weighted by molar-refractivity contribution is -0.140. The Labute approximate surface area is 107 Å². The Morgan fingerprint density at radius 1 is 1.22 bits per heavy atom. The molecule has 0 aromatic heterocycles. The summed E-state index contributed by atoms with van der Waals surface area (Å²) in [6, 6.07) is 7.56. The molecule has 0 aliphatic rings. The number of rotatable bonds is 6. The Morgan fingerprint density at radius 3 is 2.50 bits per heavy atom. The van der Waals surface area contributed by atoms with E-state index in [2.05, 4.69) is 15.4 Å². The van der Waals surface area contributed by atoms with Gasteiger partial charge in [-0.15, -0.1) is 0 Å². The highest BCUT2D eigenvalue weighted by Gasteiger charge is 2.03. The zero-order valence-corrected chi connectivity index (χ0v) is 10.7. The second-order valence-electron chi connectivity index (χ2n) is 3.92. The predicted molar refractivity (Wildman–Crippen MR) is 69.3 cm³/mol. The van der Waals surface area contributed by atoms with Crippen molar-refractivity contribution in [3.8, 4) is 0 Å². The normalized spacial score (nSPS) is 9.89. The number of carbonyl (C=O) groups excluding carboxylic acids is 2. The minimum atomic E-state index is -0.290. The minimum absolute atomic E-state index is 0.135. The van der Waals surface area contributed by atoms with E-state index in [1.807, 2.05) is 31.2 Å². The van der Waals surface area contributed by atoms with Gasteiger partial charge in [0, 0.05) is 12.2 Å². The van der Waals surface area contributed by atoms with Gasteiger partial charge in [-0.1, -0.05) is 17.7 Å². The third-order valence-electron chi connectivity index (χ3n) is 2.35. The van der Waals surface area contributed by atoms with E-state index in [4.69, 9.17) is 0 Å². The first-order chi connectivity index (χ1) is 8.61. The molecule has 18 heavy (non-hydrogen) atoms. The number of amides is 1. The molecule has 1 rings (SSSR count). The highest BCUT2D eigenvalue weighted by molar-refractivity contribution is 5.92.